The number of carbonyl (C=O) groups excluding carboxylic acids is 1. The average Bonchev–Trinajstić information content (AvgIpc) is 2.84. The molecule has 1 aliphatic rings. The van der Waals surface area contributed by atoms with E-state index in [9.17, 15) is 4.79 Å². The lowest BCUT2D eigenvalue weighted by Gasteiger charge is -2.34. The molecule has 0 spiro atoms. The number of hydrogen-bond donors (Lipinski definition) is 1. The Balaban J connectivity index is 1.40. The fourth-order valence-corrected chi connectivity index (χ4v) is 4.64. The number of hydrogen-bond acceptors (Lipinski definition) is 6. The van der Waals surface area contributed by atoms with Crippen LogP contribution < -0.4 is 10.2 Å². The molecule has 1 N–H and O–H groups in total. The second kappa shape index (κ2) is 10.8. The fraction of sp³-hybridized carbons (Fsp3) is 0.346. The number of aromatic nitrogens is 2. The number of likely N-dealkylation sites (N-methyl/N-ethyl adjacent to an activating group) is 1. The highest BCUT2D eigenvalue weighted by atomic mass is 32.2. The Hall–Kier alpha value is -2.90. The number of nitrogens with one attached hydrogen (secondary N) is 1. The lowest BCUT2D eigenvalue weighted by molar-refractivity contribution is 0.0951. The van der Waals surface area contributed by atoms with Gasteiger partial charge in [-0.3, -0.25) is 4.79 Å². The van der Waals surface area contributed by atoms with Crippen molar-refractivity contribution >= 4 is 23.5 Å². The van der Waals surface area contributed by atoms with Gasteiger partial charge in [-0.15, -0.1) is 0 Å². The largest absolute Gasteiger partial charge is 0.354 e. The van der Waals surface area contributed by atoms with Gasteiger partial charge in [0.25, 0.3) is 5.91 Å². The molecule has 33 heavy (non-hydrogen) atoms. The molecule has 1 amide bonds. The molecule has 0 bridgehead atoms. The van der Waals surface area contributed by atoms with Crippen LogP contribution in [-0.2, 0) is 12.3 Å². The van der Waals surface area contributed by atoms with E-state index in [1.165, 1.54) is 0 Å². The number of nitrogens with zero attached hydrogens (tertiary/aromatic N) is 4. The topological polar surface area (TPSA) is 61.4 Å². The quantitative estimate of drug-likeness (QED) is 0.423. The Bertz CT molecular complexity index is 1100. The van der Waals surface area contributed by atoms with Crippen LogP contribution in [0.3, 0.4) is 0 Å². The van der Waals surface area contributed by atoms with Crippen molar-refractivity contribution in [3.63, 3.8) is 0 Å². The first-order chi connectivity index (χ1) is 16.0. The van der Waals surface area contributed by atoms with Crippen LogP contribution in [-0.4, -0.2) is 54.0 Å². The lowest BCUT2D eigenvalue weighted by atomic mass is 10.1. The Kier molecular flexibility index (Phi) is 7.62. The number of amides is 1. The molecule has 0 aliphatic carbocycles. The van der Waals surface area contributed by atoms with Gasteiger partial charge in [0.05, 0.1) is 0 Å². The highest BCUT2D eigenvalue weighted by Gasteiger charge is 2.19. The zero-order valence-corrected chi connectivity index (χ0v) is 20.4. The number of aryl methyl sites for hydroxylation is 1. The summed E-state index contributed by atoms with van der Waals surface area (Å²) in [6, 6.07) is 17.7. The maximum Gasteiger partial charge on any atom is 0.251 e. The van der Waals surface area contributed by atoms with Crippen LogP contribution in [0.25, 0.3) is 0 Å². The highest BCUT2D eigenvalue weighted by Crippen LogP contribution is 2.27. The van der Waals surface area contributed by atoms with E-state index in [2.05, 4.69) is 36.0 Å². The summed E-state index contributed by atoms with van der Waals surface area (Å²) >= 11 is 1.61. The van der Waals surface area contributed by atoms with E-state index in [-0.39, 0.29) is 5.91 Å². The molecule has 4 rings (SSSR count). The van der Waals surface area contributed by atoms with E-state index in [0.29, 0.717) is 17.9 Å². The summed E-state index contributed by atoms with van der Waals surface area (Å²) in [5.41, 5.74) is 5.01. The zero-order valence-electron chi connectivity index (χ0n) is 19.5. The molecule has 1 aromatic heterocycles. The molecule has 2 heterocycles. The molecular weight excluding hydrogens is 430 g/mol. The third-order valence-electron chi connectivity index (χ3n) is 6.00. The predicted octanol–water partition coefficient (Wildman–Crippen LogP) is 4.07. The molecule has 1 aliphatic heterocycles. The second-order valence-corrected chi connectivity index (χ2v) is 9.43. The zero-order chi connectivity index (χ0) is 23.2. The van der Waals surface area contributed by atoms with Gasteiger partial charge >= 0.3 is 0 Å². The molecule has 6 nitrogen and oxygen atoms in total. The minimum atomic E-state index is -0.0644. The highest BCUT2D eigenvalue weighted by molar-refractivity contribution is 7.98. The Morgan fingerprint density at radius 1 is 0.970 bits per heavy atom. The number of thioether (sulfide) groups is 1. The van der Waals surface area contributed by atoms with Crippen molar-refractivity contribution < 1.29 is 4.79 Å². The van der Waals surface area contributed by atoms with Gasteiger partial charge in [-0.1, -0.05) is 54.2 Å². The maximum absolute atomic E-state index is 12.6. The van der Waals surface area contributed by atoms with Crippen LogP contribution in [0.2, 0.25) is 0 Å². The molecule has 3 aromatic rings. The number of rotatable bonds is 7. The summed E-state index contributed by atoms with van der Waals surface area (Å²) in [7, 11) is 2.16. The molecule has 2 aromatic carbocycles. The first-order valence-electron chi connectivity index (χ1n) is 11.3. The molecule has 1 fully saturated rings. The monoisotopic (exact) mass is 461 g/mol. The van der Waals surface area contributed by atoms with Gasteiger partial charge < -0.3 is 15.1 Å². The van der Waals surface area contributed by atoms with Crippen molar-refractivity contribution in [2.24, 2.45) is 0 Å². The van der Waals surface area contributed by atoms with Crippen LogP contribution in [0.15, 0.2) is 59.8 Å². The van der Waals surface area contributed by atoms with Crippen LogP contribution in [0.5, 0.6) is 0 Å². The van der Waals surface area contributed by atoms with E-state index in [1.807, 2.05) is 54.6 Å². The molecular formula is C26H31N5OS. The molecule has 1 saturated heterocycles. The van der Waals surface area contributed by atoms with Gasteiger partial charge in [0.1, 0.15) is 5.82 Å². The summed E-state index contributed by atoms with van der Waals surface area (Å²) in [4.78, 5) is 26.9. The Labute approximate surface area is 200 Å². The maximum atomic E-state index is 12.6. The van der Waals surface area contributed by atoms with E-state index in [4.69, 9.17) is 9.97 Å². The van der Waals surface area contributed by atoms with Crippen molar-refractivity contribution in [2.75, 3.05) is 38.1 Å². The summed E-state index contributed by atoms with van der Waals surface area (Å²) in [5, 5.41) is 3.78. The van der Waals surface area contributed by atoms with E-state index < -0.39 is 0 Å². The van der Waals surface area contributed by atoms with E-state index in [1.54, 1.807) is 11.8 Å². The average molecular weight is 462 g/mol. The molecule has 0 atom stereocenters. The van der Waals surface area contributed by atoms with Crippen molar-refractivity contribution in [2.45, 2.75) is 31.3 Å². The van der Waals surface area contributed by atoms with Gasteiger partial charge in [0.2, 0.25) is 0 Å². The summed E-state index contributed by atoms with van der Waals surface area (Å²) < 4.78 is 0. The number of anilines is 1. The normalized spacial score (nSPS) is 14.3. The standard InChI is InChI=1S/C26H31N5OS/c1-19-20(2)28-26(29-24(19)31-14-12-30(3)13-15-31)33-18-22-10-7-11-23(16-22)25(32)27-17-21-8-5-4-6-9-21/h4-11,16H,12-15,17-18H2,1-3H3,(H,27,32). The van der Waals surface area contributed by atoms with Crippen molar-refractivity contribution in [3.05, 3.63) is 82.5 Å². The smallest absolute Gasteiger partial charge is 0.251 e. The Morgan fingerprint density at radius 2 is 1.70 bits per heavy atom. The van der Waals surface area contributed by atoms with Gasteiger partial charge in [0.15, 0.2) is 5.16 Å². The van der Waals surface area contributed by atoms with Gasteiger partial charge in [0, 0.05) is 55.3 Å². The third-order valence-corrected chi connectivity index (χ3v) is 6.92. The number of carbonyl (C=O) groups is 1. The summed E-state index contributed by atoms with van der Waals surface area (Å²) in [6.45, 7) is 8.74. The van der Waals surface area contributed by atoms with Crippen LogP contribution in [0.4, 0.5) is 5.82 Å². The minimum Gasteiger partial charge on any atom is -0.354 e. The predicted molar refractivity (Wildman–Crippen MR) is 135 cm³/mol. The SMILES string of the molecule is Cc1nc(SCc2cccc(C(=O)NCc3ccccc3)c2)nc(N2CCN(C)CC2)c1C. The van der Waals surface area contributed by atoms with Crippen molar-refractivity contribution in [1.82, 2.24) is 20.2 Å². The van der Waals surface area contributed by atoms with Crippen LogP contribution >= 0.6 is 11.8 Å². The molecule has 0 radical (unpaired) electrons. The number of benzene rings is 2. The van der Waals surface area contributed by atoms with Crippen LogP contribution in [0.1, 0.15) is 32.7 Å². The number of piperazine rings is 1. The molecule has 0 saturated carbocycles. The lowest BCUT2D eigenvalue weighted by Crippen LogP contribution is -2.45. The summed E-state index contributed by atoms with van der Waals surface area (Å²) in [5.74, 6) is 1.70. The van der Waals surface area contributed by atoms with Gasteiger partial charge in [-0.2, -0.15) is 0 Å². The molecule has 172 valence electrons. The Morgan fingerprint density at radius 3 is 2.45 bits per heavy atom. The second-order valence-electron chi connectivity index (χ2n) is 8.49. The van der Waals surface area contributed by atoms with Gasteiger partial charge in [-0.05, 0) is 44.2 Å². The van der Waals surface area contributed by atoms with Crippen LogP contribution in [0, 0.1) is 13.8 Å². The van der Waals surface area contributed by atoms with Crippen molar-refractivity contribution in [3.8, 4) is 0 Å². The first kappa shape index (κ1) is 23.3. The summed E-state index contributed by atoms with van der Waals surface area (Å²) in [6.07, 6.45) is 0. The fourth-order valence-electron chi connectivity index (χ4n) is 3.81. The van der Waals surface area contributed by atoms with Gasteiger partial charge in [-0.25, -0.2) is 9.97 Å². The third kappa shape index (κ3) is 6.12. The molecule has 7 heteroatoms. The van der Waals surface area contributed by atoms with E-state index in [0.717, 1.165) is 59.5 Å². The van der Waals surface area contributed by atoms with Crippen molar-refractivity contribution in [1.29, 1.82) is 0 Å². The first-order valence-corrected chi connectivity index (χ1v) is 12.3. The van der Waals surface area contributed by atoms with E-state index >= 15 is 0 Å². The molecule has 0 unspecified atom stereocenters. The minimum absolute atomic E-state index is 0.0644.